The first-order chi connectivity index (χ1) is 8.97. The summed E-state index contributed by atoms with van der Waals surface area (Å²) >= 11 is 5.63. The predicted molar refractivity (Wildman–Crippen MR) is 67.4 cm³/mol. The average molecular weight is 284 g/mol. The Morgan fingerprint density at radius 3 is 2.58 bits per heavy atom. The Morgan fingerprint density at radius 1 is 1.21 bits per heavy atom. The summed E-state index contributed by atoms with van der Waals surface area (Å²) < 4.78 is 26.5. The van der Waals surface area contributed by atoms with Gasteiger partial charge in [-0.15, -0.1) is 0 Å². The van der Waals surface area contributed by atoms with E-state index in [0.717, 1.165) is 18.2 Å². The summed E-state index contributed by atoms with van der Waals surface area (Å²) in [6.07, 6.45) is 0. The molecule has 0 fully saturated rings. The quantitative estimate of drug-likeness (QED) is 0.885. The number of halogens is 3. The minimum atomic E-state index is -0.891. The highest BCUT2D eigenvalue weighted by molar-refractivity contribution is 6.31. The van der Waals surface area contributed by atoms with Crippen LogP contribution in [-0.2, 0) is 0 Å². The Bertz CT molecular complexity index is 606. The molecular weight excluding hydrogens is 276 g/mol. The van der Waals surface area contributed by atoms with Gasteiger partial charge in [0.25, 0.3) is 5.91 Å². The lowest BCUT2D eigenvalue weighted by atomic mass is 10.1. The van der Waals surface area contributed by atoms with E-state index in [0.29, 0.717) is 0 Å². The average Bonchev–Trinajstić information content (AvgIpc) is 2.26. The largest absolute Gasteiger partial charge is 0.507 e. The highest BCUT2D eigenvalue weighted by atomic mass is 35.5. The van der Waals surface area contributed by atoms with Crippen molar-refractivity contribution in [2.24, 2.45) is 0 Å². The summed E-state index contributed by atoms with van der Waals surface area (Å²) in [7, 11) is 0. The summed E-state index contributed by atoms with van der Waals surface area (Å²) in [5.41, 5.74) is -0.444. The van der Waals surface area contributed by atoms with Crippen LogP contribution in [0, 0.1) is 11.6 Å². The zero-order valence-corrected chi connectivity index (χ0v) is 10.2. The van der Waals surface area contributed by atoms with Crippen LogP contribution >= 0.6 is 11.6 Å². The van der Waals surface area contributed by atoms with Gasteiger partial charge in [0.15, 0.2) is 0 Å². The molecule has 19 heavy (non-hydrogen) atoms. The third-order valence-electron chi connectivity index (χ3n) is 2.34. The topological polar surface area (TPSA) is 49.3 Å². The van der Waals surface area contributed by atoms with Gasteiger partial charge in [0.1, 0.15) is 22.9 Å². The molecule has 0 aliphatic rings. The first kappa shape index (κ1) is 13.3. The molecule has 0 bridgehead atoms. The fourth-order valence-corrected chi connectivity index (χ4v) is 1.78. The normalized spacial score (nSPS) is 10.3. The Balaban J connectivity index is 2.31. The zero-order chi connectivity index (χ0) is 14.0. The van der Waals surface area contributed by atoms with Crippen molar-refractivity contribution >= 4 is 23.2 Å². The standard InChI is InChI=1S/C13H8ClF2NO2/c14-7-4-8(15)6-9(5-7)17-13(19)12-10(16)2-1-3-11(12)18/h1-6,18H,(H,17,19). The van der Waals surface area contributed by atoms with E-state index < -0.39 is 28.9 Å². The van der Waals surface area contributed by atoms with Crippen molar-refractivity contribution in [3.8, 4) is 5.75 Å². The number of carbonyl (C=O) groups is 1. The Kier molecular flexibility index (Phi) is 3.66. The van der Waals surface area contributed by atoms with Crippen LogP contribution < -0.4 is 5.32 Å². The molecule has 0 spiro atoms. The monoisotopic (exact) mass is 283 g/mol. The number of nitrogens with one attached hydrogen (secondary N) is 1. The van der Waals surface area contributed by atoms with Crippen LogP contribution in [0.2, 0.25) is 5.02 Å². The summed E-state index contributed by atoms with van der Waals surface area (Å²) in [6, 6.07) is 6.88. The number of hydrogen-bond acceptors (Lipinski definition) is 2. The lowest BCUT2D eigenvalue weighted by molar-refractivity contribution is 0.102. The lowest BCUT2D eigenvalue weighted by Crippen LogP contribution is -2.14. The zero-order valence-electron chi connectivity index (χ0n) is 9.45. The number of aromatic hydroxyl groups is 1. The summed E-state index contributed by atoms with van der Waals surface area (Å²) in [6.45, 7) is 0. The van der Waals surface area contributed by atoms with Gasteiger partial charge in [0.2, 0.25) is 0 Å². The van der Waals surface area contributed by atoms with Crippen molar-refractivity contribution in [1.29, 1.82) is 0 Å². The third-order valence-corrected chi connectivity index (χ3v) is 2.56. The second-order valence-electron chi connectivity index (χ2n) is 3.75. The molecule has 0 unspecified atom stereocenters. The number of carbonyl (C=O) groups excluding carboxylic acids is 1. The number of benzene rings is 2. The van der Waals surface area contributed by atoms with Crippen LogP contribution in [0.15, 0.2) is 36.4 Å². The number of phenols is 1. The van der Waals surface area contributed by atoms with Gasteiger partial charge in [-0.1, -0.05) is 17.7 Å². The molecule has 1 amide bonds. The van der Waals surface area contributed by atoms with Crippen LogP contribution in [0.1, 0.15) is 10.4 Å². The molecule has 0 aliphatic heterocycles. The molecular formula is C13H8ClF2NO2. The number of rotatable bonds is 2. The maximum absolute atomic E-state index is 13.4. The maximum atomic E-state index is 13.4. The van der Waals surface area contributed by atoms with Crippen LogP contribution in [0.25, 0.3) is 0 Å². The molecule has 2 rings (SSSR count). The molecule has 2 aromatic carbocycles. The van der Waals surface area contributed by atoms with Gasteiger partial charge < -0.3 is 10.4 Å². The molecule has 0 radical (unpaired) electrons. The first-order valence-electron chi connectivity index (χ1n) is 5.22. The van der Waals surface area contributed by atoms with Crippen molar-refractivity contribution in [1.82, 2.24) is 0 Å². The summed E-state index contributed by atoms with van der Waals surface area (Å²) in [5, 5.41) is 11.8. The molecule has 0 aromatic heterocycles. The fraction of sp³-hybridized carbons (Fsp3) is 0. The third kappa shape index (κ3) is 3.00. The number of phenolic OH excluding ortho intramolecular Hbond substituents is 1. The molecule has 98 valence electrons. The van der Waals surface area contributed by atoms with Gasteiger partial charge in [-0.05, 0) is 30.3 Å². The van der Waals surface area contributed by atoms with E-state index in [-0.39, 0.29) is 10.7 Å². The molecule has 2 N–H and O–H groups in total. The van der Waals surface area contributed by atoms with Crippen molar-refractivity contribution in [3.63, 3.8) is 0 Å². The summed E-state index contributed by atoms with van der Waals surface area (Å²) in [5.74, 6) is -2.90. The highest BCUT2D eigenvalue weighted by Crippen LogP contribution is 2.23. The molecule has 0 aliphatic carbocycles. The van der Waals surface area contributed by atoms with E-state index in [1.165, 1.54) is 18.2 Å². The number of hydrogen-bond donors (Lipinski definition) is 2. The molecule has 3 nitrogen and oxygen atoms in total. The molecule has 6 heteroatoms. The first-order valence-corrected chi connectivity index (χ1v) is 5.60. The number of anilines is 1. The van der Waals surface area contributed by atoms with Gasteiger partial charge in [-0.3, -0.25) is 4.79 Å². The van der Waals surface area contributed by atoms with Crippen molar-refractivity contribution in [2.75, 3.05) is 5.32 Å². The Morgan fingerprint density at radius 2 is 1.95 bits per heavy atom. The highest BCUT2D eigenvalue weighted by Gasteiger charge is 2.16. The van der Waals surface area contributed by atoms with E-state index in [2.05, 4.69) is 5.32 Å². The molecule has 0 heterocycles. The van der Waals surface area contributed by atoms with E-state index in [1.54, 1.807) is 0 Å². The SMILES string of the molecule is O=C(Nc1cc(F)cc(Cl)c1)c1c(O)cccc1F. The Labute approximate surface area is 112 Å². The minimum absolute atomic E-state index is 0.0673. The fourth-order valence-electron chi connectivity index (χ4n) is 1.56. The van der Waals surface area contributed by atoms with Gasteiger partial charge in [-0.25, -0.2) is 8.78 Å². The maximum Gasteiger partial charge on any atom is 0.262 e. The Hall–Kier alpha value is -2.14. The van der Waals surface area contributed by atoms with E-state index in [9.17, 15) is 18.7 Å². The molecule has 0 saturated heterocycles. The van der Waals surface area contributed by atoms with E-state index in [1.807, 2.05) is 0 Å². The second kappa shape index (κ2) is 5.24. The van der Waals surface area contributed by atoms with Gasteiger partial charge >= 0.3 is 0 Å². The molecule has 0 atom stereocenters. The second-order valence-corrected chi connectivity index (χ2v) is 4.18. The van der Waals surface area contributed by atoms with Gasteiger partial charge in [0, 0.05) is 10.7 Å². The summed E-state index contributed by atoms with van der Waals surface area (Å²) in [4.78, 5) is 11.8. The van der Waals surface area contributed by atoms with Crippen LogP contribution in [0.3, 0.4) is 0 Å². The van der Waals surface area contributed by atoms with Crippen molar-refractivity contribution in [3.05, 3.63) is 58.6 Å². The molecule has 2 aromatic rings. The number of amides is 1. The van der Waals surface area contributed by atoms with Gasteiger partial charge in [0.05, 0.1) is 0 Å². The minimum Gasteiger partial charge on any atom is -0.507 e. The van der Waals surface area contributed by atoms with E-state index >= 15 is 0 Å². The van der Waals surface area contributed by atoms with Crippen molar-refractivity contribution < 1.29 is 18.7 Å². The lowest BCUT2D eigenvalue weighted by Gasteiger charge is -2.08. The van der Waals surface area contributed by atoms with Gasteiger partial charge in [-0.2, -0.15) is 0 Å². The van der Waals surface area contributed by atoms with Crippen molar-refractivity contribution in [2.45, 2.75) is 0 Å². The molecule has 0 saturated carbocycles. The van der Waals surface area contributed by atoms with E-state index in [4.69, 9.17) is 11.6 Å². The van der Waals surface area contributed by atoms with Crippen LogP contribution in [0.4, 0.5) is 14.5 Å². The smallest absolute Gasteiger partial charge is 0.262 e. The van der Waals surface area contributed by atoms with Crippen LogP contribution in [-0.4, -0.2) is 11.0 Å². The predicted octanol–water partition coefficient (Wildman–Crippen LogP) is 3.58. The van der Waals surface area contributed by atoms with Crippen LogP contribution in [0.5, 0.6) is 5.75 Å².